The number of benzene rings is 1. The van der Waals surface area contributed by atoms with Crippen molar-refractivity contribution in [3.63, 3.8) is 0 Å². The lowest BCUT2D eigenvalue weighted by molar-refractivity contribution is -0.143. The summed E-state index contributed by atoms with van der Waals surface area (Å²) < 4.78 is 6.64. The first-order chi connectivity index (χ1) is 10.8. The summed E-state index contributed by atoms with van der Waals surface area (Å²) in [6, 6.07) is 9.82. The van der Waals surface area contributed by atoms with E-state index in [1.54, 1.807) is 16.4 Å². The summed E-state index contributed by atoms with van der Waals surface area (Å²) in [5.41, 5.74) is 0.956. The molecule has 7 heteroatoms. The second-order valence-corrected chi connectivity index (χ2v) is 5.74. The van der Waals surface area contributed by atoms with Gasteiger partial charge in [-0.3, -0.25) is 4.79 Å². The van der Waals surface area contributed by atoms with E-state index in [2.05, 4.69) is 15.5 Å². The maximum absolute atomic E-state index is 11.2. The van der Waals surface area contributed by atoms with E-state index in [4.69, 9.17) is 4.74 Å². The molecule has 0 fully saturated rings. The van der Waals surface area contributed by atoms with Gasteiger partial charge in [-0.2, -0.15) is 4.68 Å². The van der Waals surface area contributed by atoms with Crippen molar-refractivity contribution in [2.45, 2.75) is 37.8 Å². The van der Waals surface area contributed by atoms with E-state index in [1.807, 2.05) is 37.3 Å². The summed E-state index contributed by atoms with van der Waals surface area (Å²) in [6.45, 7) is 2.28. The van der Waals surface area contributed by atoms with Crippen molar-refractivity contribution in [2.75, 3.05) is 12.4 Å². The quantitative estimate of drug-likeness (QED) is 0.402. The van der Waals surface area contributed by atoms with Crippen LogP contribution in [0, 0.1) is 0 Å². The van der Waals surface area contributed by atoms with E-state index < -0.39 is 0 Å². The Hall–Kier alpha value is -1.89. The molecule has 6 nitrogen and oxygen atoms in total. The van der Waals surface area contributed by atoms with Crippen molar-refractivity contribution in [2.24, 2.45) is 0 Å². The minimum absolute atomic E-state index is 0.108. The van der Waals surface area contributed by atoms with Crippen LogP contribution in [0.2, 0.25) is 0 Å². The molecule has 0 saturated heterocycles. The predicted octanol–water partition coefficient (Wildman–Crippen LogP) is 2.88. The zero-order valence-electron chi connectivity index (χ0n) is 12.6. The highest BCUT2D eigenvalue weighted by Crippen LogP contribution is 2.19. The van der Waals surface area contributed by atoms with Gasteiger partial charge in [-0.05, 0) is 42.3 Å². The minimum atomic E-state index is -0.108. The summed E-state index contributed by atoms with van der Waals surface area (Å²) >= 11 is 1.63. The fourth-order valence-electron chi connectivity index (χ4n) is 1.94. The molecule has 0 saturated carbocycles. The Morgan fingerprint density at radius 3 is 2.82 bits per heavy atom. The van der Waals surface area contributed by atoms with Gasteiger partial charge < -0.3 is 4.74 Å². The van der Waals surface area contributed by atoms with Gasteiger partial charge in [0.1, 0.15) is 0 Å². The van der Waals surface area contributed by atoms with Gasteiger partial charge in [-0.25, -0.2) is 0 Å². The predicted molar refractivity (Wildman–Crippen MR) is 85.0 cm³/mol. The van der Waals surface area contributed by atoms with E-state index in [0.29, 0.717) is 13.0 Å². The minimum Gasteiger partial charge on any atom is -0.466 e. The maximum atomic E-state index is 11.2. The van der Waals surface area contributed by atoms with Crippen LogP contribution in [0.15, 0.2) is 35.5 Å². The van der Waals surface area contributed by atoms with Gasteiger partial charge in [0.2, 0.25) is 5.16 Å². The van der Waals surface area contributed by atoms with Crippen molar-refractivity contribution in [3.8, 4) is 5.69 Å². The molecule has 0 unspecified atom stereocenters. The van der Waals surface area contributed by atoms with Gasteiger partial charge in [0.05, 0.1) is 12.3 Å². The molecule has 0 aliphatic rings. The monoisotopic (exact) mass is 320 g/mol. The Balaban J connectivity index is 1.70. The molecule has 0 radical (unpaired) electrons. The third-order valence-corrected chi connectivity index (χ3v) is 4.01. The van der Waals surface area contributed by atoms with Crippen LogP contribution >= 0.6 is 11.8 Å². The molecule has 1 aromatic carbocycles. The molecule has 0 aliphatic heterocycles. The number of para-hydroxylation sites is 1. The number of carbonyl (C=O) groups excluding carboxylic acids is 1. The fourth-order valence-corrected chi connectivity index (χ4v) is 2.83. The van der Waals surface area contributed by atoms with Crippen molar-refractivity contribution in [1.82, 2.24) is 20.2 Å². The van der Waals surface area contributed by atoms with Crippen LogP contribution in [0.4, 0.5) is 0 Å². The number of tetrazole rings is 1. The SMILES string of the molecule is CCOC(=O)CCCCCSc1nnnn1-c1ccccc1. The van der Waals surface area contributed by atoms with Crippen LogP contribution in [0.3, 0.4) is 0 Å². The Bertz CT molecular complexity index is 574. The Morgan fingerprint density at radius 1 is 1.23 bits per heavy atom. The van der Waals surface area contributed by atoms with Crippen LogP contribution in [0.5, 0.6) is 0 Å². The first kappa shape index (κ1) is 16.5. The Labute approximate surface area is 134 Å². The van der Waals surface area contributed by atoms with Crippen LogP contribution in [-0.2, 0) is 9.53 Å². The number of unbranched alkanes of at least 4 members (excludes halogenated alkanes) is 2. The average molecular weight is 320 g/mol. The van der Waals surface area contributed by atoms with E-state index >= 15 is 0 Å². The van der Waals surface area contributed by atoms with Crippen LogP contribution in [0.1, 0.15) is 32.6 Å². The molecule has 0 aliphatic carbocycles. The summed E-state index contributed by atoms with van der Waals surface area (Å²) in [6.07, 6.45) is 3.38. The first-order valence-electron chi connectivity index (χ1n) is 7.43. The molecular weight excluding hydrogens is 300 g/mol. The highest BCUT2D eigenvalue weighted by molar-refractivity contribution is 7.99. The molecule has 0 spiro atoms. The van der Waals surface area contributed by atoms with Gasteiger partial charge in [0.25, 0.3) is 0 Å². The van der Waals surface area contributed by atoms with Crippen molar-refractivity contribution < 1.29 is 9.53 Å². The molecule has 1 heterocycles. The van der Waals surface area contributed by atoms with E-state index in [0.717, 1.165) is 35.9 Å². The third-order valence-electron chi connectivity index (χ3n) is 3.00. The zero-order chi connectivity index (χ0) is 15.6. The molecule has 22 heavy (non-hydrogen) atoms. The van der Waals surface area contributed by atoms with Gasteiger partial charge in [-0.15, -0.1) is 5.10 Å². The molecule has 2 aromatic rings. The van der Waals surface area contributed by atoms with E-state index in [1.165, 1.54) is 0 Å². The molecule has 118 valence electrons. The Morgan fingerprint density at radius 2 is 2.05 bits per heavy atom. The molecule has 1 aromatic heterocycles. The highest BCUT2D eigenvalue weighted by Gasteiger charge is 2.08. The number of carbonyl (C=O) groups is 1. The lowest BCUT2D eigenvalue weighted by atomic mass is 10.2. The largest absolute Gasteiger partial charge is 0.466 e. The van der Waals surface area contributed by atoms with E-state index in [9.17, 15) is 4.79 Å². The number of thioether (sulfide) groups is 1. The summed E-state index contributed by atoms with van der Waals surface area (Å²) in [5.74, 6) is 0.818. The number of ether oxygens (including phenoxy) is 1. The fraction of sp³-hybridized carbons (Fsp3) is 0.467. The number of rotatable bonds is 9. The third kappa shape index (κ3) is 5.14. The molecule has 0 amide bonds. The molecule has 0 bridgehead atoms. The second-order valence-electron chi connectivity index (χ2n) is 4.67. The summed E-state index contributed by atoms with van der Waals surface area (Å²) in [4.78, 5) is 11.2. The van der Waals surface area contributed by atoms with Gasteiger partial charge >= 0.3 is 5.97 Å². The number of nitrogens with zero attached hydrogens (tertiary/aromatic N) is 4. The average Bonchev–Trinajstić information content (AvgIpc) is 3.00. The van der Waals surface area contributed by atoms with Crippen LogP contribution in [-0.4, -0.2) is 38.5 Å². The topological polar surface area (TPSA) is 69.9 Å². The Kier molecular flexibility index (Phi) is 6.89. The molecule has 0 atom stereocenters. The number of esters is 1. The van der Waals surface area contributed by atoms with Crippen LogP contribution in [0.25, 0.3) is 5.69 Å². The highest BCUT2D eigenvalue weighted by atomic mass is 32.2. The van der Waals surface area contributed by atoms with Crippen molar-refractivity contribution in [3.05, 3.63) is 30.3 Å². The van der Waals surface area contributed by atoms with Gasteiger partial charge in [0, 0.05) is 12.2 Å². The maximum Gasteiger partial charge on any atom is 0.305 e. The standard InChI is InChI=1S/C15H20N4O2S/c1-2-21-14(20)11-7-4-8-12-22-15-16-17-18-19(15)13-9-5-3-6-10-13/h3,5-6,9-10H,2,4,7-8,11-12H2,1H3. The first-order valence-corrected chi connectivity index (χ1v) is 8.42. The number of hydrogen-bond donors (Lipinski definition) is 0. The number of aromatic nitrogens is 4. The normalized spacial score (nSPS) is 10.6. The van der Waals surface area contributed by atoms with Crippen molar-refractivity contribution >= 4 is 17.7 Å². The lowest BCUT2D eigenvalue weighted by Gasteiger charge is -2.04. The second kappa shape index (κ2) is 9.19. The smallest absolute Gasteiger partial charge is 0.305 e. The van der Waals surface area contributed by atoms with Gasteiger partial charge in [0.15, 0.2) is 0 Å². The van der Waals surface area contributed by atoms with E-state index in [-0.39, 0.29) is 5.97 Å². The summed E-state index contributed by atoms with van der Waals surface area (Å²) in [7, 11) is 0. The lowest BCUT2D eigenvalue weighted by Crippen LogP contribution is -2.03. The van der Waals surface area contributed by atoms with Gasteiger partial charge in [-0.1, -0.05) is 36.4 Å². The van der Waals surface area contributed by atoms with Crippen molar-refractivity contribution in [1.29, 1.82) is 0 Å². The molecule has 2 rings (SSSR count). The van der Waals surface area contributed by atoms with Crippen LogP contribution < -0.4 is 0 Å². The summed E-state index contributed by atoms with van der Waals surface area (Å²) in [5, 5.41) is 12.6. The zero-order valence-corrected chi connectivity index (χ0v) is 13.5. The molecule has 0 N–H and O–H groups in total. The molecular formula is C15H20N4O2S. The number of hydrogen-bond acceptors (Lipinski definition) is 6.